The number of halogens is 3. The van der Waals surface area contributed by atoms with Gasteiger partial charge >= 0.3 is 0 Å². The Hall–Kier alpha value is -2.15. The summed E-state index contributed by atoms with van der Waals surface area (Å²) in [6.45, 7) is 4.55. The van der Waals surface area contributed by atoms with Gasteiger partial charge in [-0.3, -0.25) is 9.32 Å². The van der Waals surface area contributed by atoms with Gasteiger partial charge in [-0.2, -0.15) is 0 Å². The third kappa shape index (κ3) is 5.73. The summed E-state index contributed by atoms with van der Waals surface area (Å²) in [4.78, 5) is 18.9. The van der Waals surface area contributed by atoms with Gasteiger partial charge in [-0.05, 0) is 79.1 Å². The minimum absolute atomic E-state index is 0.00298. The summed E-state index contributed by atoms with van der Waals surface area (Å²) < 4.78 is 35.2. The first kappa shape index (κ1) is 27.4. The lowest BCUT2D eigenvalue weighted by atomic mass is 10.0. The molecular formula is C25H27F2IN7OPS. The molecule has 1 fully saturated rings. The van der Waals surface area contributed by atoms with Crippen molar-refractivity contribution in [2.75, 3.05) is 23.5 Å². The lowest BCUT2D eigenvalue weighted by molar-refractivity contribution is 0.0148. The van der Waals surface area contributed by atoms with Crippen molar-refractivity contribution in [1.82, 2.24) is 24.3 Å². The van der Waals surface area contributed by atoms with Gasteiger partial charge in [0.1, 0.15) is 17.2 Å². The van der Waals surface area contributed by atoms with Gasteiger partial charge in [0.05, 0.1) is 41.4 Å². The molecule has 2 atom stereocenters. The number of hydrogen-bond acceptors (Lipinski definition) is 8. The van der Waals surface area contributed by atoms with Crippen LogP contribution in [-0.4, -0.2) is 37.1 Å². The fourth-order valence-corrected chi connectivity index (χ4v) is 6.84. The number of aryl methyl sites for hydroxylation is 2. The minimum atomic E-state index is -2.72. The first-order valence-corrected chi connectivity index (χ1v) is 17.4. The van der Waals surface area contributed by atoms with Gasteiger partial charge in [0.15, 0.2) is 11.5 Å². The van der Waals surface area contributed by atoms with Crippen molar-refractivity contribution in [3.8, 4) is 0 Å². The molecule has 2 unspecified atom stereocenters. The van der Waals surface area contributed by atoms with Gasteiger partial charge in [0.2, 0.25) is 0 Å². The van der Waals surface area contributed by atoms with E-state index in [4.69, 9.17) is 4.74 Å². The summed E-state index contributed by atoms with van der Waals surface area (Å²) in [5.41, 5.74) is 4.94. The number of benzene rings is 1. The molecule has 4 heterocycles. The monoisotopic (exact) mass is 669 g/mol. The van der Waals surface area contributed by atoms with E-state index in [0.29, 0.717) is 28.5 Å². The standard InChI is InChI=1S/C25H27F2IN7OPS/c1-13-14(2)30-21(12-29-13)32-20-11-17(22-24(33-20)35(37-28)25(34-22)23(26)27)31-16-8-7-15(10-19(16)38-3)18-6-4-5-9-36-18/h7-8,10-12,18,23,37H,4-6,9H2,1-3H3,(H2,30,31,32,33). The highest BCUT2D eigenvalue weighted by Crippen LogP contribution is 2.40. The Bertz CT molecular complexity index is 1470. The Morgan fingerprint density at radius 3 is 2.61 bits per heavy atom. The molecule has 1 aromatic carbocycles. The molecule has 200 valence electrons. The number of ether oxygens (including phenoxy) is 1. The van der Waals surface area contributed by atoms with E-state index in [-0.39, 0.29) is 18.3 Å². The molecule has 0 radical (unpaired) electrons. The first-order valence-electron chi connectivity index (χ1n) is 12.1. The highest BCUT2D eigenvalue weighted by atomic mass is 127. The second-order valence-corrected chi connectivity index (χ2v) is 11.8. The molecule has 0 amide bonds. The van der Waals surface area contributed by atoms with E-state index in [0.717, 1.165) is 53.4 Å². The summed E-state index contributed by atoms with van der Waals surface area (Å²) in [7, 11) is 0. The van der Waals surface area contributed by atoms with Gasteiger partial charge < -0.3 is 15.4 Å². The zero-order valence-electron chi connectivity index (χ0n) is 21.1. The van der Waals surface area contributed by atoms with Crippen LogP contribution in [0, 0.1) is 13.8 Å². The molecule has 1 aliphatic rings. The fraction of sp³-hybridized carbons (Fsp3) is 0.360. The maximum absolute atomic E-state index is 13.9. The number of aromatic nitrogens is 5. The maximum atomic E-state index is 13.9. The normalized spacial score (nSPS) is 16.1. The fourth-order valence-electron chi connectivity index (χ4n) is 4.35. The Morgan fingerprint density at radius 1 is 1.08 bits per heavy atom. The number of rotatable bonds is 8. The molecule has 5 rings (SSSR count). The summed E-state index contributed by atoms with van der Waals surface area (Å²) in [5.74, 6) is 0.665. The van der Waals surface area contributed by atoms with E-state index in [1.54, 1.807) is 24.0 Å². The molecule has 1 saturated heterocycles. The molecule has 8 nitrogen and oxygen atoms in total. The second kappa shape index (κ2) is 11.9. The largest absolute Gasteiger partial charge is 0.374 e. The molecule has 1 aliphatic heterocycles. The quantitative estimate of drug-likeness (QED) is 0.111. The Morgan fingerprint density at radius 2 is 1.92 bits per heavy atom. The topological polar surface area (TPSA) is 89.8 Å². The number of anilines is 4. The van der Waals surface area contributed by atoms with Gasteiger partial charge in [-0.15, -0.1) is 11.8 Å². The van der Waals surface area contributed by atoms with E-state index < -0.39 is 6.43 Å². The van der Waals surface area contributed by atoms with Gasteiger partial charge in [-0.25, -0.2) is 23.7 Å². The molecule has 0 aliphatic carbocycles. The molecule has 0 saturated carbocycles. The number of imidazole rings is 1. The third-order valence-corrected chi connectivity index (χ3v) is 9.25. The van der Waals surface area contributed by atoms with Crippen LogP contribution in [0.15, 0.2) is 35.4 Å². The van der Waals surface area contributed by atoms with Crippen LogP contribution in [0.3, 0.4) is 0 Å². The molecule has 13 heteroatoms. The lowest BCUT2D eigenvalue weighted by Gasteiger charge is -2.24. The maximum Gasteiger partial charge on any atom is 0.295 e. The minimum Gasteiger partial charge on any atom is -0.374 e. The number of nitrogens with one attached hydrogen (secondary N) is 2. The average Bonchev–Trinajstić information content (AvgIpc) is 3.31. The average molecular weight is 669 g/mol. The van der Waals surface area contributed by atoms with Crippen molar-refractivity contribution in [3.05, 3.63) is 53.2 Å². The van der Waals surface area contributed by atoms with Crippen molar-refractivity contribution >= 4 is 74.4 Å². The number of hydrogen-bond donors (Lipinski definition) is 2. The predicted octanol–water partition coefficient (Wildman–Crippen LogP) is 8.02. The van der Waals surface area contributed by atoms with Crippen molar-refractivity contribution in [2.24, 2.45) is 0 Å². The Balaban J connectivity index is 1.57. The van der Waals surface area contributed by atoms with Crippen LogP contribution in [0.5, 0.6) is 0 Å². The van der Waals surface area contributed by atoms with E-state index >= 15 is 0 Å². The highest BCUT2D eigenvalue weighted by molar-refractivity contribution is 14.2. The smallest absolute Gasteiger partial charge is 0.295 e. The first-order chi connectivity index (χ1) is 18.4. The van der Waals surface area contributed by atoms with Crippen LogP contribution in [0.4, 0.5) is 31.8 Å². The van der Waals surface area contributed by atoms with Crippen LogP contribution in [0.1, 0.15) is 54.6 Å². The van der Waals surface area contributed by atoms with Crippen LogP contribution in [0.2, 0.25) is 0 Å². The SMILES string of the molecule is CSc1cc(C2CCCCO2)ccc1Nc1cc(Nc2cnc(C)c(C)n2)nc2c1nc(C(F)F)n2PI. The van der Waals surface area contributed by atoms with Gasteiger partial charge in [-0.1, -0.05) is 6.07 Å². The molecule has 2 N–H and O–H groups in total. The lowest BCUT2D eigenvalue weighted by Crippen LogP contribution is -2.11. The summed E-state index contributed by atoms with van der Waals surface area (Å²) >= 11 is 3.68. The summed E-state index contributed by atoms with van der Waals surface area (Å²) in [6.07, 6.45) is 4.27. The molecule has 3 aromatic heterocycles. The van der Waals surface area contributed by atoms with Crippen molar-refractivity contribution in [1.29, 1.82) is 0 Å². The van der Waals surface area contributed by atoms with Gasteiger partial charge in [0, 0.05) is 17.6 Å². The number of nitrogens with zero attached hydrogens (tertiary/aromatic N) is 5. The molecule has 4 aromatic rings. The molecule has 0 spiro atoms. The summed E-state index contributed by atoms with van der Waals surface area (Å²) in [6, 6.07) is 7.99. The van der Waals surface area contributed by atoms with Crippen LogP contribution >= 0.6 is 40.2 Å². The van der Waals surface area contributed by atoms with Crippen LogP contribution in [-0.2, 0) is 4.74 Å². The molecule has 38 heavy (non-hydrogen) atoms. The molecule has 0 bridgehead atoms. The predicted molar refractivity (Wildman–Crippen MR) is 159 cm³/mol. The summed E-state index contributed by atoms with van der Waals surface area (Å²) in [5, 5.41) is 6.64. The third-order valence-electron chi connectivity index (χ3n) is 6.42. The number of pyridine rings is 1. The van der Waals surface area contributed by atoms with Crippen molar-refractivity contribution in [3.63, 3.8) is 0 Å². The number of fused-ring (bicyclic) bond motifs is 1. The van der Waals surface area contributed by atoms with Crippen LogP contribution < -0.4 is 10.6 Å². The zero-order valence-corrected chi connectivity index (χ0v) is 25.0. The number of alkyl halides is 2. The Labute approximate surface area is 238 Å². The second-order valence-electron chi connectivity index (χ2n) is 8.91. The van der Waals surface area contributed by atoms with E-state index in [9.17, 15) is 8.78 Å². The highest BCUT2D eigenvalue weighted by Gasteiger charge is 2.23. The van der Waals surface area contributed by atoms with Crippen LogP contribution in [0.25, 0.3) is 11.2 Å². The van der Waals surface area contributed by atoms with Gasteiger partial charge in [0.25, 0.3) is 6.43 Å². The zero-order chi connectivity index (χ0) is 26.8. The van der Waals surface area contributed by atoms with Crippen molar-refractivity contribution < 1.29 is 13.5 Å². The van der Waals surface area contributed by atoms with Crippen molar-refractivity contribution in [2.45, 2.75) is 50.5 Å². The Kier molecular flexibility index (Phi) is 8.61. The number of thioether (sulfide) groups is 1. The van der Waals surface area contributed by atoms with E-state index in [1.165, 1.54) is 4.34 Å². The molecular weight excluding hydrogens is 642 g/mol. The van der Waals surface area contributed by atoms with E-state index in [1.807, 2.05) is 26.2 Å². The van der Waals surface area contributed by atoms with E-state index in [2.05, 4.69) is 64.7 Å².